The smallest absolute Gasteiger partial charge is 0.319 e. The number of hydrogen-bond acceptors (Lipinski definition) is 13. The van der Waals surface area contributed by atoms with E-state index in [9.17, 15) is 24.6 Å². The minimum Gasteiger partial charge on any atom is -0.508 e. The molecule has 6 aliphatic rings. The highest BCUT2D eigenvalue weighted by atomic mass is 19.1. The maximum absolute atomic E-state index is 17.1. The Hall–Kier alpha value is -6.04. The van der Waals surface area contributed by atoms with Gasteiger partial charge < -0.3 is 39.4 Å². The molecule has 2 atom stereocenters. The summed E-state index contributed by atoms with van der Waals surface area (Å²) < 4.78 is 38.7. The van der Waals surface area contributed by atoms with Crippen LogP contribution in [0.1, 0.15) is 73.9 Å². The fraction of sp³-hybridized carbons (Fsp3) is 0.490. The van der Waals surface area contributed by atoms with Gasteiger partial charge in [0, 0.05) is 113 Å². The van der Waals surface area contributed by atoms with E-state index in [1.165, 1.54) is 24.4 Å². The van der Waals surface area contributed by atoms with Crippen LogP contribution in [0.15, 0.2) is 48.7 Å². The van der Waals surface area contributed by atoms with Crippen LogP contribution >= 0.6 is 0 Å². The fourth-order valence-electron chi connectivity index (χ4n) is 11.3. The number of halogens is 2. The summed E-state index contributed by atoms with van der Waals surface area (Å²) in [6, 6.07) is 11.3. The number of imide groups is 1. The maximum Gasteiger partial charge on any atom is 0.319 e. The first-order chi connectivity index (χ1) is 32.7. The summed E-state index contributed by atoms with van der Waals surface area (Å²) in [6.07, 6.45) is 5.80. The number of aromatic nitrogens is 3. The molecular formula is C51H57F2N9O6. The van der Waals surface area contributed by atoms with Gasteiger partial charge in [-0.15, -0.1) is 0 Å². The molecule has 0 radical (unpaired) electrons. The van der Waals surface area contributed by atoms with E-state index in [4.69, 9.17) is 9.72 Å². The van der Waals surface area contributed by atoms with Crippen molar-refractivity contribution in [1.29, 1.82) is 0 Å². The average molecular weight is 930 g/mol. The summed E-state index contributed by atoms with van der Waals surface area (Å²) in [5.41, 5.74) is 2.20. The summed E-state index contributed by atoms with van der Waals surface area (Å²) in [7, 11) is 0. The van der Waals surface area contributed by atoms with Gasteiger partial charge in [0.15, 0.2) is 5.82 Å². The number of aryl methyl sites for hydroxylation is 1. The van der Waals surface area contributed by atoms with Gasteiger partial charge in [0.1, 0.15) is 34.6 Å². The summed E-state index contributed by atoms with van der Waals surface area (Å²) in [5, 5.41) is 25.6. The van der Waals surface area contributed by atoms with Crippen LogP contribution in [-0.4, -0.2) is 141 Å². The van der Waals surface area contributed by atoms with Crippen molar-refractivity contribution in [1.82, 2.24) is 35.0 Å². The van der Waals surface area contributed by atoms with Crippen molar-refractivity contribution in [2.24, 2.45) is 11.3 Å². The Labute approximate surface area is 393 Å². The maximum atomic E-state index is 17.1. The number of phenols is 1. The third kappa shape index (κ3) is 8.35. The summed E-state index contributed by atoms with van der Waals surface area (Å²) in [6.45, 7) is 12.9. The van der Waals surface area contributed by atoms with Crippen molar-refractivity contribution >= 4 is 50.9 Å². The minimum absolute atomic E-state index is 0.00356. The number of ether oxygens (including phenoxy) is 1. The van der Waals surface area contributed by atoms with Crippen LogP contribution in [0.5, 0.6) is 11.8 Å². The Bertz CT molecular complexity index is 2860. The molecule has 0 spiro atoms. The second-order valence-electron chi connectivity index (χ2n) is 20.4. The summed E-state index contributed by atoms with van der Waals surface area (Å²) in [4.78, 5) is 62.4. The highest BCUT2D eigenvalue weighted by Gasteiger charge is 2.46. The number of hydrogen-bond donors (Lipinski definition) is 3. The quantitative estimate of drug-likeness (QED) is 0.136. The molecule has 68 heavy (non-hydrogen) atoms. The number of rotatable bonds is 12. The molecule has 7 heterocycles. The molecule has 4 saturated heterocycles. The molecular weight excluding hydrogens is 873 g/mol. The van der Waals surface area contributed by atoms with E-state index < -0.39 is 29.2 Å². The molecule has 2 aromatic heterocycles. The second-order valence-corrected chi connectivity index (χ2v) is 20.4. The first-order valence-corrected chi connectivity index (χ1v) is 24.1. The fourth-order valence-corrected chi connectivity index (χ4v) is 11.3. The van der Waals surface area contributed by atoms with E-state index in [1.807, 2.05) is 24.0 Å². The van der Waals surface area contributed by atoms with Crippen molar-refractivity contribution in [3.63, 3.8) is 0 Å². The standard InChI is InChI=1S/C51H57F2N9O6/c1-3-35-39(52)8-5-31-20-34(63)21-37(42(31)35)44-43(53)45-38(22-54-44)46(60-14-4-11-50(2,67)27-60)57-49(56-45)68-29-51(12-13-51)28-59-17-15-58(16-18-59)23-30-24-61(25-30)33-6-7-36-32(19-33)26-62(48(36)66)40-9-10-41(64)55-47(40)65/h5-8,19-22,30,40,63,67H,3-4,9-18,23-29H2,1-2H3,(H,55,64,65)/t40?,50-/m1/s1. The Morgan fingerprint density at radius 3 is 2.47 bits per heavy atom. The van der Waals surface area contributed by atoms with Gasteiger partial charge in [-0.1, -0.05) is 13.0 Å². The highest BCUT2D eigenvalue weighted by Crippen LogP contribution is 2.47. The van der Waals surface area contributed by atoms with Crippen molar-refractivity contribution in [3.8, 4) is 23.0 Å². The minimum atomic E-state index is -0.970. The van der Waals surface area contributed by atoms with E-state index in [0.717, 1.165) is 76.5 Å². The lowest BCUT2D eigenvalue weighted by molar-refractivity contribution is -0.136. The zero-order chi connectivity index (χ0) is 47.1. The van der Waals surface area contributed by atoms with Gasteiger partial charge in [-0.25, -0.2) is 8.78 Å². The Balaban J connectivity index is 0.733. The van der Waals surface area contributed by atoms with Crippen molar-refractivity contribution in [2.75, 3.05) is 81.9 Å². The lowest BCUT2D eigenvalue weighted by Gasteiger charge is -2.45. The van der Waals surface area contributed by atoms with Crippen molar-refractivity contribution < 1.29 is 38.1 Å². The number of benzene rings is 3. The number of nitrogens with zero attached hydrogens (tertiary/aromatic N) is 8. The lowest BCUT2D eigenvalue weighted by Crippen LogP contribution is -2.55. The van der Waals surface area contributed by atoms with E-state index in [0.29, 0.717) is 90.9 Å². The van der Waals surface area contributed by atoms with Gasteiger partial charge in [0.2, 0.25) is 11.8 Å². The number of aliphatic hydroxyl groups is 1. The van der Waals surface area contributed by atoms with Crippen molar-refractivity contribution in [2.45, 2.75) is 77.0 Å². The van der Waals surface area contributed by atoms with Gasteiger partial charge in [-0.3, -0.25) is 24.7 Å². The van der Waals surface area contributed by atoms with Crippen molar-refractivity contribution in [3.05, 3.63) is 77.0 Å². The van der Waals surface area contributed by atoms with E-state index in [2.05, 4.69) is 36.1 Å². The van der Waals surface area contributed by atoms with Crippen LogP contribution in [0.4, 0.5) is 20.3 Å². The number of pyridine rings is 1. The third-order valence-corrected chi connectivity index (χ3v) is 15.2. The first-order valence-electron chi connectivity index (χ1n) is 24.1. The van der Waals surface area contributed by atoms with Gasteiger partial charge in [0.25, 0.3) is 5.91 Å². The number of piperidine rings is 2. The number of amides is 3. The SMILES string of the molecule is CCc1c(F)ccc2cc(O)cc(-c3ncc4c(N5CCC[C@@](C)(O)C5)nc(OCC5(CN6CCN(CC7CN(c8ccc9c(c8)CN(C8CCC(=O)NC8=O)C9=O)C7)CC6)CC5)nc4c3F)c12. The van der Waals surface area contributed by atoms with Gasteiger partial charge in [-0.2, -0.15) is 9.97 Å². The van der Waals surface area contributed by atoms with E-state index in [1.54, 1.807) is 17.9 Å². The van der Waals surface area contributed by atoms with Crippen LogP contribution in [0.2, 0.25) is 0 Å². The molecule has 0 bridgehead atoms. The monoisotopic (exact) mass is 929 g/mol. The number of carbonyl (C=O) groups is 3. The number of phenolic OH excluding ortho intramolecular Hbond substituents is 1. The lowest BCUT2D eigenvalue weighted by atomic mass is 9.94. The summed E-state index contributed by atoms with van der Waals surface area (Å²) in [5.74, 6) is -1.12. The summed E-state index contributed by atoms with van der Waals surface area (Å²) >= 11 is 0. The second kappa shape index (κ2) is 17.2. The Morgan fingerprint density at radius 2 is 1.72 bits per heavy atom. The Kier molecular flexibility index (Phi) is 11.2. The van der Waals surface area contributed by atoms with E-state index in [-0.39, 0.29) is 52.2 Å². The largest absolute Gasteiger partial charge is 0.508 e. The number of carbonyl (C=O) groups excluding carboxylic acids is 3. The normalized spacial score (nSPS) is 23.3. The molecule has 17 heteroatoms. The van der Waals surface area contributed by atoms with Crippen LogP contribution < -0.4 is 19.9 Å². The third-order valence-electron chi connectivity index (χ3n) is 15.2. The zero-order valence-electron chi connectivity index (χ0n) is 38.6. The topological polar surface area (TPSA) is 168 Å². The predicted molar refractivity (Wildman–Crippen MR) is 252 cm³/mol. The first kappa shape index (κ1) is 44.5. The van der Waals surface area contributed by atoms with Gasteiger partial charge >= 0.3 is 6.01 Å². The molecule has 5 aliphatic heterocycles. The molecule has 11 rings (SSSR count). The van der Waals surface area contributed by atoms with Gasteiger partial charge in [0.05, 0.1) is 17.6 Å². The predicted octanol–water partition coefficient (Wildman–Crippen LogP) is 5.42. The zero-order valence-corrected chi connectivity index (χ0v) is 38.6. The average Bonchev–Trinajstić information content (AvgIpc) is 3.99. The van der Waals surface area contributed by atoms with Crippen LogP contribution in [0.25, 0.3) is 32.9 Å². The molecule has 3 N–H and O–H groups in total. The number of β-amino-alcohol motifs (C(OH)–C–C–N with tert-alkyl or cyclic N) is 1. The molecule has 5 fully saturated rings. The molecule has 3 aromatic carbocycles. The number of anilines is 2. The van der Waals surface area contributed by atoms with Crippen LogP contribution in [0, 0.1) is 23.0 Å². The van der Waals surface area contributed by atoms with E-state index >= 15 is 8.78 Å². The molecule has 1 unspecified atom stereocenters. The van der Waals surface area contributed by atoms with Gasteiger partial charge in [-0.05, 0) is 104 Å². The molecule has 5 aromatic rings. The Morgan fingerprint density at radius 1 is 0.926 bits per heavy atom. The molecule has 3 amide bonds. The van der Waals surface area contributed by atoms with Crippen LogP contribution in [0.3, 0.4) is 0 Å². The molecule has 1 aliphatic carbocycles. The number of aromatic hydroxyl groups is 1. The molecule has 1 saturated carbocycles. The molecule has 356 valence electrons. The van der Waals surface area contributed by atoms with Crippen LogP contribution in [-0.2, 0) is 22.6 Å². The number of fused-ring (bicyclic) bond motifs is 3. The number of piperazine rings is 1. The molecule has 15 nitrogen and oxygen atoms in total. The highest BCUT2D eigenvalue weighted by molar-refractivity contribution is 6.06. The number of nitrogens with one attached hydrogen (secondary N) is 1.